The second-order valence-corrected chi connectivity index (χ2v) is 6.26. The molecule has 2 amide bonds. The fourth-order valence-electron chi connectivity index (χ4n) is 2.47. The summed E-state index contributed by atoms with van der Waals surface area (Å²) >= 11 is 1.35. The molecule has 0 aromatic carbocycles. The zero-order valence-corrected chi connectivity index (χ0v) is 13.2. The van der Waals surface area contributed by atoms with E-state index in [1.807, 2.05) is 0 Å². The summed E-state index contributed by atoms with van der Waals surface area (Å²) in [5, 5.41) is 6.77. The van der Waals surface area contributed by atoms with Gasteiger partial charge in [0.1, 0.15) is 0 Å². The molecule has 0 saturated heterocycles. The highest BCUT2D eigenvalue weighted by atomic mass is 32.1. The molecule has 1 N–H and O–H groups in total. The summed E-state index contributed by atoms with van der Waals surface area (Å²) in [6.45, 7) is 0.977. The van der Waals surface area contributed by atoms with Crippen molar-refractivity contribution < 1.29 is 18.5 Å². The van der Waals surface area contributed by atoms with Crippen molar-refractivity contribution in [1.29, 1.82) is 0 Å². The van der Waals surface area contributed by atoms with Gasteiger partial charge in [0.05, 0.1) is 24.7 Å². The van der Waals surface area contributed by atoms with Gasteiger partial charge in [-0.2, -0.15) is 0 Å². The Bertz CT molecular complexity index is 870. The van der Waals surface area contributed by atoms with Crippen molar-refractivity contribution in [3.8, 4) is 0 Å². The van der Waals surface area contributed by atoms with Gasteiger partial charge in [-0.25, -0.2) is 4.98 Å². The van der Waals surface area contributed by atoms with Crippen LogP contribution in [0.15, 0.2) is 39.6 Å². The van der Waals surface area contributed by atoms with Gasteiger partial charge in [-0.1, -0.05) is 16.5 Å². The molecule has 0 unspecified atom stereocenters. The number of nitrogens with zero attached hydrogens (tertiary/aromatic N) is 3. The number of carbonyl (C=O) groups excluding carboxylic acids is 2. The number of aromatic nitrogens is 2. The van der Waals surface area contributed by atoms with E-state index in [-0.39, 0.29) is 23.3 Å². The third kappa shape index (κ3) is 2.69. The van der Waals surface area contributed by atoms with Crippen LogP contribution >= 0.6 is 11.3 Å². The highest BCUT2D eigenvalue weighted by Crippen LogP contribution is 2.29. The quantitative estimate of drug-likeness (QED) is 0.781. The Kier molecular flexibility index (Phi) is 3.62. The van der Waals surface area contributed by atoms with Crippen molar-refractivity contribution in [2.45, 2.75) is 13.0 Å². The van der Waals surface area contributed by atoms with Crippen LogP contribution in [0.4, 0.5) is 5.13 Å². The first-order valence-corrected chi connectivity index (χ1v) is 8.06. The molecule has 0 saturated carbocycles. The fourth-order valence-corrected chi connectivity index (χ4v) is 3.49. The lowest BCUT2D eigenvalue weighted by atomic mass is 10.1. The van der Waals surface area contributed by atoms with Crippen LogP contribution in [0, 0.1) is 0 Å². The van der Waals surface area contributed by atoms with Crippen molar-refractivity contribution in [2.24, 2.45) is 0 Å². The zero-order chi connectivity index (χ0) is 16.5. The summed E-state index contributed by atoms with van der Waals surface area (Å²) in [5.74, 6) is -0.104. The van der Waals surface area contributed by atoms with Crippen molar-refractivity contribution in [3.63, 3.8) is 0 Å². The van der Waals surface area contributed by atoms with E-state index in [1.54, 1.807) is 23.1 Å². The Hall–Kier alpha value is -2.94. The van der Waals surface area contributed by atoms with E-state index >= 15 is 0 Å². The molecule has 0 bridgehead atoms. The lowest BCUT2D eigenvalue weighted by Gasteiger charge is -2.24. The van der Waals surface area contributed by atoms with Gasteiger partial charge >= 0.3 is 0 Å². The number of rotatable bonds is 3. The molecule has 4 heterocycles. The smallest absolute Gasteiger partial charge is 0.293 e. The maximum Gasteiger partial charge on any atom is 0.293 e. The van der Waals surface area contributed by atoms with Crippen molar-refractivity contribution in [1.82, 2.24) is 15.0 Å². The third-order valence-corrected chi connectivity index (χ3v) is 4.63. The van der Waals surface area contributed by atoms with E-state index in [9.17, 15) is 9.59 Å². The minimum atomic E-state index is -0.347. The van der Waals surface area contributed by atoms with E-state index in [0.717, 1.165) is 10.6 Å². The first-order chi connectivity index (χ1) is 11.7. The molecule has 0 atom stereocenters. The van der Waals surface area contributed by atoms with Gasteiger partial charge in [-0.15, -0.1) is 0 Å². The molecule has 122 valence electrons. The summed E-state index contributed by atoms with van der Waals surface area (Å²) < 4.78 is 9.97. The molecule has 8 nitrogen and oxygen atoms in total. The van der Waals surface area contributed by atoms with Crippen LogP contribution in [0.25, 0.3) is 0 Å². The van der Waals surface area contributed by atoms with E-state index in [0.29, 0.717) is 24.6 Å². The molecule has 0 aliphatic carbocycles. The first-order valence-electron chi connectivity index (χ1n) is 7.24. The van der Waals surface area contributed by atoms with Crippen molar-refractivity contribution >= 4 is 28.3 Å². The number of hydrogen-bond donors (Lipinski definition) is 1. The van der Waals surface area contributed by atoms with E-state index < -0.39 is 0 Å². The predicted molar refractivity (Wildman–Crippen MR) is 83.7 cm³/mol. The number of thiazole rings is 1. The minimum Gasteiger partial charge on any atom is -0.459 e. The summed E-state index contributed by atoms with van der Waals surface area (Å²) in [5.41, 5.74) is 0.899. The van der Waals surface area contributed by atoms with Gasteiger partial charge in [-0.05, 0) is 12.1 Å². The van der Waals surface area contributed by atoms with Gasteiger partial charge in [0.15, 0.2) is 10.9 Å². The molecule has 1 aliphatic heterocycles. The number of fused-ring (bicyclic) bond motifs is 1. The Balaban J connectivity index is 1.48. The summed E-state index contributed by atoms with van der Waals surface area (Å²) in [4.78, 5) is 31.4. The Morgan fingerprint density at radius 1 is 1.29 bits per heavy atom. The molecule has 3 aromatic rings. The molecule has 4 rings (SSSR count). The van der Waals surface area contributed by atoms with Crippen LogP contribution in [0.3, 0.4) is 0 Å². The Morgan fingerprint density at radius 2 is 2.21 bits per heavy atom. The van der Waals surface area contributed by atoms with Gasteiger partial charge in [-0.3, -0.25) is 14.9 Å². The van der Waals surface area contributed by atoms with Crippen molar-refractivity contribution in [2.75, 3.05) is 11.9 Å². The third-order valence-electron chi connectivity index (χ3n) is 3.63. The monoisotopic (exact) mass is 344 g/mol. The second kappa shape index (κ2) is 5.93. The SMILES string of the molecule is O=C(Nc1nc2c(s1)CN(C(=O)c1ccno1)CC2)c1ccco1. The molecule has 1 aliphatic rings. The van der Waals surface area contributed by atoms with Gasteiger partial charge in [0.2, 0.25) is 5.76 Å². The number of hydrogen-bond acceptors (Lipinski definition) is 7. The second-order valence-electron chi connectivity index (χ2n) is 5.17. The lowest BCUT2D eigenvalue weighted by molar-refractivity contribution is 0.0694. The van der Waals surface area contributed by atoms with Gasteiger partial charge in [0, 0.05) is 23.9 Å². The van der Waals surface area contributed by atoms with E-state index in [2.05, 4.69) is 15.5 Å². The summed E-state index contributed by atoms with van der Waals surface area (Å²) in [6.07, 6.45) is 3.51. The first kappa shape index (κ1) is 14.6. The fraction of sp³-hybridized carbons (Fsp3) is 0.200. The van der Waals surface area contributed by atoms with Crippen LogP contribution in [-0.2, 0) is 13.0 Å². The Morgan fingerprint density at radius 3 is 2.96 bits per heavy atom. The topological polar surface area (TPSA) is 101 Å². The number of amides is 2. The number of furan rings is 1. The minimum absolute atomic E-state index is 0.201. The molecule has 3 aromatic heterocycles. The highest BCUT2D eigenvalue weighted by Gasteiger charge is 2.27. The van der Waals surface area contributed by atoms with Crippen LogP contribution in [0.2, 0.25) is 0 Å². The summed E-state index contributed by atoms with van der Waals surface area (Å²) in [6, 6.07) is 4.77. The van der Waals surface area contributed by atoms with Gasteiger partial charge in [0.25, 0.3) is 11.8 Å². The molecule has 24 heavy (non-hydrogen) atoms. The Labute approximate surface area is 140 Å². The largest absolute Gasteiger partial charge is 0.459 e. The van der Waals surface area contributed by atoms with Crippen LogP contribution in [0.5, 0.6) is 0 Å². The average molecular weight is 344 g/mol. The maximum absolute atomic E-state index is 12.3. The van der Waals surface area contributed by atoms with E-state index in [1.165, 1.54) is 23.8 Å². The lowest BCUT2D eigenvalue weighted by Crippen LogP contribution is -2.35. The highest BCUT2D eigenvalue weighted by molar-refractivity contribution is 7.15. The number of anilines is 1. The maximum atomic E-state index is 12.3. The molecule has 0 radical (unpaired) electrons. The summed E-state index contributed by atoms with van der Waals surface area (Å²) in [7, 11) is 0. The van der Waals surface area contributed by atoms with Crippen LogP contribution in [-0.4, -0.2) is 33.4 Å². The molecule has 0 spiro atoms. The molecular formula is C15H12N4O4S. The zero-order valence-electron chi connectivity index (χ0n) is 12.4. The van der Waals surface area contributed by atoms with Crippen LogP contribution in [0.1, 0.15) is 31.7 Å². The standard InChI is InChI=1S/C15H12N4O4S/c20-13(10-2-1-7-22-10)18-15-17-9-4-6-19(8-12(9)24-15)14(21)11-3-5-16-23-11/h1-3,5,7H,4,6,8H2,(H,17,18,20). The molecular weight excluding hydrogens is 332 g/mol. The average Bonchev–Trinajstić information content (AvgIpc) is 3.32. The number of carbonyl (C=O) groups is 2. The predicted octanol–water partition coefficient (Wildman–Crippen LogP) is 2.17. The normalized spacial score (nSPS) is 13.6. The van der Waals surface area contributed by atoms with Gasteiger partial charge < -0.3 is 13.8 Å². The van der Waals surface area contributed by atoms with E-state index in [4.69, 9.17) is 8.94 Å². The molecule has 0 fully saturated rings. The van der Waals surface area contributed by atoms with Crippen molar-refractivity contribution in [3.05, 3.63) is 52.8 Å². The number of nitrogens with one attached hydrogen (secondary N) is 1. The van der Waals surface area contributed by atoms with Crippen LogP contribution < -0.4 is 5.32 Å². The molecule has 9 heteroatoms.